The van der Waals surface area contributed by atoms with Crippen molar-refractivity contribution < 1.29 is 18.8 Å². The number of nitrogens with one attached hydrogen (secondary N) is 2. The predicted octanol–water partition coefficient (Wildman–Crippen LogP) is 2.69. The quantitative estimate of drug-likeness (QED) is 0.849. The van der Waals surface area contributed by atoms with Crippen molar-refractivity contribution in [2.45, 2.75) is 27.2 Å². The maximum absolute atomic E-state index is 12.5. The van der Waals surface area contributed by atoms with Crippen LogP contribution in [-0.2, 0) is 16.0 Å². The lowest BCUT2D eigenvalue weighted by Crippen LogP contribution is -2.18. The number of methoxy groups -OCH3 is 1. The number of hydrogen-bond acceptors (Lipinski definition) is 5. The van der Waals surface area contributed by atoms with Crippen LogP contribution in [0.1, 0.15) is 34.3 Å². The maximum Gasteiger partial charge on any atom is 0.261 e. The summed E-state index contributed by atoms with van der Waals surface area (Å²) in [6, 6.07) is 5.29. The minimum atomic E-state index is -0.283. The third-order valence-corrected chi connectivity index (χ3v) is 3.54. The Morgan fingerprint density at radius 2 is 2.00 bits per heavy atom. The van der Waals surface area contributed by atoms with Crippen LogP contribution < -0.4 is 10.6 Å². The number of carbonyl (C=O) groups excluding carboxylic acids is 2. The molecule has 128 valence electrons. The van der Waals surface area contributed by atoms with E-state index in [0.717, 1.165) is 5.56 Å². The highest BCUT2D eigenvalue weighted by molar-refractivity contribution is 6.06. The Morgan fingerprint density at radius 3 is 2.67 bits per heavy atom. The number of hydrogen-bond donors (Lipinski definition) is 2. The van der Waals surface area contributed by atoms with Gasteiger partial charge in [0.2, 0.25) is 5.91 Å². The Morgan fingerprint density at radius 1 is 1.25 bits per heavy atom. The number of rotatable bonds is 6. The van der Waals surface area contributed by atoms with Crippen LogP contribution in [0.4, 0.5) is 11.4 Å². The average molecular weight is 331 g/mol. The zero-order valence-electron chi connectivity index (χ0n) is 14.2. The monoisotopic (exact) mass is 331 g/mol. The molecule has 0 spiro atoms. The van der Waals surface area contributed by atoms with Crippen molar-refractivity contribution in [3.8, 4) is 0 Å². The molecule has 0 saturated carbocycles. The van der Waals surface area contributed by atoms with E-state index in [-0.39, 0.29) is 18.4 Å². The van der Waals surface area contributed by atoms with Crippen LogP contribution >= 0.6 is 0 Å². The number of anilines is 2. The Balaban J connectivity index is 2.21. The molecule has 0 atom stereocenters. The zero-order valence-corrected chi connectivity index (χ0v) is 14.2. The summed E-state index contributed by atoms with van der Waals surface area (Å²) in [7, 11) is 1.45. The third kappa shape index (κ3) is 3.99. The van der Waals surface area contributed by atoms with Gasteiger partial charge in [-0.05, 0) is 38.0 Å². The molecule has 0 fully saturated rings. The van der Waals surface area contributed by atoms with Gasteiger partial charge >= 0.3 is 0 Å². The highest BCUT2D eigenvalue weighted by Crippen LogP contribution is 2.22. The molecule has 0 aliphatic carbocycles. The summed E-state index contributed by atoms with van der Waals surface area (Å²) in [5, 5.41) is 9.45. The fraction of sp³-hybridized carbons (Fsp3) is 0.353. The number of aryl methyl sites for hydroxylation is 3. The Bertz CT molecular complexity index is 752. The average Bonchev–Trinajstić information content (AvgIpc) is 2.91. The first-order chi connectivity index (χ1) is 11.5. The molecular formula is C17H21N3O4. The molecule has 1 aromatic carbocycles. The first kappa shape index (κ1) is 17.7. The van der Waals surface area contributed by atoms with Crippen molar-refractivity contribution in [1.82, 2.24) is 5.16 Å². The van der Waals surface area contributed by atoms with Crippen LogP contribution in [0, 0.1) is 13.8 Å². The normalized spacial score (nSPS) is 10.5. The molecule has 2 aromatic rings. The molecule has 24 heavy (non-hydrogen) atoms. The maximum atomic E-state index is 12.5. The molecule has 2 N–H and O–H groups in total. The van der Waals surface area contributed by atoms with Crippen molar-refractivity contribution in [2.75, 3.05) is 24.4 Å². The molecule has 7 nitrogen and oxygen atoms in total. The van der Waals surface area contributed by atoms with Crippen LogP contribution in [0.5, 0.6) is 0 Å². The van der Waals surface area contributed by atoms with E-state index in [1.54, 1.807) is 19.1 Å². The fourth-order valence-corrected chi connectivity index (χ4v) is 2.30. The minimum absolute atomic E-state index is 0.0324. The van der Waals surface area contributed by atoms with Gasteiger partial charge in [0, 0.05) is 18.5 Å². The molecule has 2 amide bonds. The minimum Gasteiger partial charge on any atom is -0.375 e. The zero-order chi connectivity index (χ0) is 17.7. The number of ether oxygens (including phenoxy) is 1. The van der Waals surface area contributed by atoms with Gasteiger partial charge in [-0.25, -0.2) is 0 Å². The van der Waals surface area contributed by atoms with E-state index in [1.807, 2.05) is 19.9 Å². The lowest BCUT2D eigenvalue weighted by molar-refractivity contribution is -0.119. The van der Waals surface area contributed by atoms with Crippen molar-refractivity contribution in [2.24, 2.45) is 0 Å². The molecule has 0 saturated heterocycles. The second kappa shape index (κ2) is 7.74. The van der Waals surface area contributed by atoms with E-state index in [4.69, 9.17) is 9.26 Å². The Kier molecular flexibility index (Phi) is 5.70. The summed E-state index contributed by atoms with van der Waals surface area (Å²) in [5.41, 5.74) is 3.13. The van der Waals surface area contributed by atoms with Crippen LogP contribution in [0.3, 0.4) is 0 Å². The predicted molar refractivity (Wildman–Crippen MR) is 90.3 cm³/mol. The molecule has 0 aliphatic rings. The summed E-state index contributed by atoms with van der Waals surface area (Å²) in [5.74, 6) is -0.0672. The summed E-state index contributed by atoms with van der Waals surface area (Å²) >= 11 is 0. The SMILES string of the molecule is CCc1noc(C)c1C(=O)Nc1cc(NC(=O)COC)ccc1C. The largest absolute Gasteiger partial charge is 0.375 e. The van der Waals surface area contributed by atoms with E-state index in [9.17, 15) is 9.59 Å². The summed E-state index contributed by atoms with van der Waals surface area (Å²) < 4.78 is 9.88. The first-order valence-corrected chi connectivity index (χ1v) is 7.62. The van der Waals surface area contributed by atoms with Gasteiger partial charge < -0.3 is 19.9 Å². The van der Waals surface area contributed by atoms with E-state index in [0.29, 0.717) is 34.8 Å². The van der Waals surface area contributed by atoms with Gasteiger partial charge in [-0.2, -0.15) is 0 Å². The molecule has 0 unspecified atom stereocenters. The highest BCUT2D eigenvalue weighted by atomic mass is 16.5. The van der Waals surface area contributed by atoms with Crippen LogP contribution in [0.15, 0.2) is 22.7 Å². The summed E-state index contributed by atoms with van der Waals surface area (Å²) in [6.07, 6.45) is 0.603. The molecule has 1 aromatic heterocycles. The highest BCUT2D eigenvalue weighted by Gasteiger charge is 2.19. The van der Waals surface area contributed by atoms with E-state index in [2.05, 4.69) is 15.8 Å². The topological polar surface area (TPSA) is 93.5 Å². The van der Waals surface area contributed by atoms with Crippen molar-refractivity contribution in [3.05, 3.63) is 40.8 Å². The van der Waals surface area contributed by atoms with Gasteiger partial charge in [0.05, 0.1) is 5.69 Å². The summed E-state index contributed by atoms with van der Waals surface area (Å²) in [4.78, 5) is 24.1. The van der Waals surface area contributed by atoms with Gasteiger partial charge in [-0.3, -0.25) is 9.59 Å². The van der Waals surface area contributed by atoms with Gasteiger partial charge in [0.15, 0.2) is 0 Å². The first-order valence-electron chi connectivity index (χ1n) is 7.62. The number of aromatic nitrogens is 1. The summed E-state index contributed by atoms with van der Waals surface area (Å²) in [6.45, 7) is 5.45. The van der Waals surface area contributed by atoms with Crippen molar-refractivity contribution in [3.63, 3.8) is 0 Å². The second-order valence-corrected chi connectivity index (χ2v) is 5.38. The number of benzene rings is 1. The molecule has 7 heteroatoms. The van der Waals surface area contributed by atoms with Gasteiger partial charge in [0.25, 0.3) is 5.91 Å². The van der Waals surface area contributed by atoms with E-state index in [1.165, 1.54) is 7.11 Å². The lowest BCUT2D eigenvalue weighted by Gasteiger charge is -2.11. The van der Waals surface area contributed by atoms with E-state index < -0.39 is 0 Å². The lowest BCUT2D eigenvalue weighted by atomic mass is 10.1. The molecule has 0 bridgehead atoms. The molecule has 1 heterocycles. The standard InChI is InChI=1S/C17H21N3O4/c1-5-13-16(11(3)24-20-13)17(22)19-14-8-12(7-6-10(14)2)18-15(21)9-23-4/h6-8H,5,9H2,1-4H3,(H,18,21)(H,19,22). The van der Waals surface area contributed by atoms with Crippen molar-refractivity contribution >= 4 is 23.2 Å². The van der Waals surface area contributed by atoms with Gasteiger partial charge in [-0.15, -0.1) is 0 Å². The number of nitrogens with zero attached hydrogens (tertiary/aromatic N) is 1. The van der Waals surface area contributed by atoms with E-state index >= 15 is 0 Å². The Hall–Kier alpha value is -2.67. The number of carbonyl (C=O) groups is 2. The second-order valence-electron chi connectivity index (χ2n) is 5.38. The van der Waals surface area contributed by atoms with Crippen molar-refractivity contribution in [1.29, 1.82) is 0 Å². The Labute approximate surface area is 140 Å². The molecular weight excluding hydrogens is 310 g/mol. The fourth-order valence-electron chi connectivity index (χ4n) is 2.30. The van der Waals surface area contributed by atoms with Crippen LogP contribution in [0.2, 0.25) is 0 Å². The molecule has 0 radical (unpaired) electrons. The molecule has 2 rings (SSSR count). The smallest absolute Gasteiger partial charge is 0.261 e. The van der Waals surface area contributed by atoms with Crippen LogP contribution in [0.25, 0.3) is 0 Å². The third-order valence-electron chi connectivity index (χ3n) is 3.54. The van der Waals surface area contributed by atoms with Gasteiger partial charge in [0.1, 0.15) is 17.9 Å². The number of amides is 2. The van der Waals surface area contributed by atoms with Gasteiger partial charge in [-0.1, -0.05) is 18.1 Å². The van der Waals surface area contributed by atoms with Crippen LogP contribution in [-0.4, -0.2) is 30.7 Å². The molecule has 0 aliphatic heterocycles.